The maximum Gasteiger partial charge on any atom is 0.328 e. The van der Waals surface area contributed by atoms with Crippen molar-refractivity contribution in [1.29, 1.82) is 0 Å². The van der Waals surface area contributed by atoms with E-state index in [1.807, 2.05) is 20.8 Å². The molecule has 0 fully saturated rings. The third-order valence-corrected chi connectivity index (χ3v) is 2.92. The van der Waals surface area contributed by atoms with Crippen molar-refractivity contribution in [3.63, 3.8) is 0 Å². The fourth-order valence-electron chi connectivity index (χ4n) is 1.49. The Balaban J connectivity index is 4.53. The Bertz CT molecular complexity index is 256. The van der Waals surface area contributed by atoms with Crippen molar-refractivity contribution in [2.24, 2.45) is 11.8 Å². The number of carbonyl (C=O) groups is 2. The van der Waals surface area contributed by atoms with Gasteiger partial charge in [0.1, 0.15) is 6.04 Å². The van der Waals surface area contributed by atoms with Crippen molar-refractivity contribution in [3.05, 3.63) is 0 Å². The molecule has 0 spiro atoms. The van der Waals surface area contributed by atoms with Crippen LogP contribution < -0.4 is 10.6 Å². The van der Waals surface area contributed by atoms with Crippen LogP contribution in [0.1, 0.15) is 27.2 Å². The number of methoxy groups -OCH3 is 1. The van der Waals surface area contributed by atoms with E-state index in [1.165, 1.54) is 7.11 Å². The van der Waals surface area contributed by atoms with Crippen molar-refractivity contribution in [2.75, 3.05) is 20.7 Å². The van der Waals surface area contributed by atoms with E-state index in [0.29, 0.717) is 6.54 Å². The lowest BCUT2D eigenvalue weighted by Gasteiger charge is -2.23. The van der Waals surface area contributed by atoms with Crippen LogP contribution in [0.4, 0.5) is 0 Å². The summed E-state index contributed by atoms with van der Waals surface area (Å²) in [5, 5.41) is 5.68. The zero-order chi connectivity index (χ0) is 13.4. The average Bonchev–Trinajstić information content (AvgIpc) is 2.33. The minimum Gasteiger partial charge on any atom is -0.467 e. The molecule has 0 rings (SSSR count). The van der Waals surface area contributed by atoms with E-state index in [0.717, 1.165) is 6.42 Å². The van der Waals surface area contributed by atoms with E-state index in [9.17, 15) is 9.59 Å². The van der Waals surface area contributed by atoms with E-state index >= 15 is 0 Å². The van der Waals surface area contributed by atoms with Gasteiger partial charge in [0.25, 0.3) is 0 Å². The maximum atomic E-state index is 11.8. The Hall–Kier alpha value is -1.10. The van der Waals surface area contributed by atoms with Crippen molar-refractivity contribution in [1.82, 2.24) is 10.6 Å². The first-order valence-corrected chi connectivity index (χ1v) is 6.00. The highest BCUT2D eigenvalue weighted by Gasteiger charge is 2.27. The number of ether oxygens (including phenoxy) is 1. The Morgan fingerprint density at radius 3 is 2.29 bits per heavy atom. The van der Waals surface area contributed by atoms with Crippen LogP contribution in [0.5, 0.6) is 0 Å². The van der Waals surface area contributed by atoms with Crippen LogP contribution >= 0.6 is 0 Å². The van der Waals surface area contributed by atoms with Gasteiger partial charge in [-0.1, -0.05) is 27.2 Å². The quantitative estimate of drug-likeness (QED) is 0.642. The third-order valence-electron chi connectivity index (χ3n) is 2.92. The van der Waals surface area contributed by atoms with Gasteiger partial charge in [-0.2, -0.15) is 0 Å². The van der Waals surface area contributed by atoms with Gasteiger partial charge in [0, 0.05) is 12.5 Å². The summed E-state index contributed by atoms with van der Waals surface area (Å²) in [4.78, 5) is 23.4. The predicted octanol–water partition coefficient (Wildman–Crippen LogP) is 0.546. The molecule has 0 saturated heterocycles. The molecule has 0 bridgehead atoms. The average molecular weight is 244 g/mol. The zero-order valence-corrected chi connectivity index (χ0v) is 11.4. The van der Waals surface area contributed by atoms with Crippen LogP contribution in [0.2, 0.25) is 0 Å². The van der Waals surface area contributed by atoms with Gasteiger partial charge in [0.15, 0.2) is 0 Å². The van der Waals surface area contributed by atoms with Gasteiger partial charge in [0.05, 0.1) is 7.11 Å². The number of rotatable bonds is 7. The minimum absolute atomic E-state index is 0.0631. The highest BCUT2D eigenvalue weighted by Crippen LogP contribution is 2.10. The molecule has 0 radical (unpaired) electrons. The van der Waals surface area contributed by atoms with Gasteiger partial charge >= 0.3 is 5.97 Å². The second-order valence-corrected chi connectivity index (χ2v) is 4.35. The molecule has 0 heterocycles. The number of hydrogen-bond donors (Lipinski definition) is 2. The Morgan fingerprint density at radius 2 is 1.88 bits per heavy atom. The smallest absolute Gasteiger partial charge is 0.328 e. The van der Waals surface area contributed by atoms with E-state index in [-0.39, 0.29) is 23.7 Å². The molecule has 0 aliphatic heterocycles. The molecule has 0 saturated carbocycles. The van der Waals surface area contributed by atoms with E-state index in [1.54, 1.807) is 7.05 Å². The molecular weight excluding hydrogens is 220 g/mol. The predicted molar refractivity (Wildman–Crippen MR) is 66.5 cm³/mol. The van der Waals surface area contributed by atoms with Gasteiger partial charge in [-0.3, -0.25) is 4.79 Å². The molecule has 17 heavy (non-hydrogen) atoms. The molecular formula is C12H24N2O3. The monoisotopic (exact) mass is 244 g/mol. The Labute approximate surface area is 103 Å². The summed E-state index contributed by atoms with van der Waals surface area (Å²) in [6.45, 7) is 6.30. The number of hydrogen-bond acceptors (Lipinski definition) is 4. The van der Waals surface area contributed by atoms with E-state index in [2.05, 4.69) is 10.6 Å². The Kier molecular flexibility index (Phi) is 7.54. The molecule has 1 amide bonds. The fraction of sp³-hybridized carbons (Fsp3) is 0.833. The first-order valence-electron chi connectivity index (χ1n) is 6.00. The summed E-state index contributed by atoms with van der Waals surface area (Å²) in [5.41, 5.74) is 0. The van der Waals surface area contributed by atoms with Gasteiger partial charge < -0.3 is 15.4 Å². The SMILES string of the molecule is CC[C@H](C)[C@H](NC(=O)C(C)CNC)C(=O)OC. The number of nitrogens with one attached hydrogen (secondary N) is 2. The topological polar surface area (TPSA) is 67.4 Å². The highest BCUT2D eigenvalue weighted by molar-refractivity contribution is 5.85. The normalized spacial score (nSPS) is 15.8. The summed E-state index contributed by atoms with van der Waals surface area (Å²) in [6, 6.07) is -0.559. The number of amides is 1. The summed E-state index contributed by atoms with van der Waals surface area (Å²) < 4.78 is 4.71. The van der Waals surface area contributed by atoms with Crippen LogP contribution in [0.3, 0.4) is 0 Å². The van der Waals surface area contributed by atoms with Crippen LogP contribution in [-0.4, -0.2) is 38.6 Å². The zero-order valence-electron chi connectivity index (χ0n) is 11.4. The van der Waals surface area contributed by atoms with Crippen molar-refractivity contribution in [2.45, 2.75) is 33.2 Å². The summed E-state index contributed by atoms with van der Waals surface area (Å²) in [5.74, 6) is -0.621. The van der Waals surface area contributed by atoms with Gasteiger partial charge in [-0.25, -0.2) is 4.79 Å². The van der Waals surface area contributed by atoms with Gasteiger partial charge in [0.2, 0.25) is 5.91 Å². The van der Waals surface area contributed by atoms with Crippen LogP contribution in [0, 0.1) is 11.8 Å². The van der Waals surface area contributed by atoms with Crippen molar-refractivity contribution >= 4 is 11.9 Å². The summed E-state index contributed by atoms with van der Waals surface area (Å²) in [6.07, 6.45) is 0.806. The molecule has 3 atom stereocenters. The number of esters is 1. The minimum atomic E-state index is -0.559. The lowest BCUT2D eigenvalue weighted by molar-refractivity contribution is -0.147. The molecule has 0 aromatic heterocycles. The molecule has 100 valence electrons. The third kappa shape index (κ3) is 5.17. The Morgan fingerprint density at radius 1 is 1.29 bits per heavy atom. The molecule has 0 aromatic carbocycles. The van der Waals surface area contributed by atoms with Crippen molar-refractivity contribution < 1.29 is 14.3 Å². The van der Waals surface area contributed by atoms with Crippen molar-refractivity contribution in [3.8, 4) is 0 Å². The summed E-state index contributed by atoms with van der Waals surface area (Å²) >= 11 is 0. The lowest BCUT2D eigenvalue weighted by Crippen LogP contribution is -2.48. The molecule has 0 aromatic rings. The van der Waals surface area contributed by atoms with E-state index < -0.39 is 6.04 Å². The largest absolute Gasteiger partial charge is 0.467 e. The number of carbonyl (C=O) groups excluding carboxylic acids is 2. The van der Waals surface area contributed by atoms with Crippen LogP contribution in [-0.2, 0) is 14.3 Å². The maximum absolute atomic E-state index is 11.8. The second-order valence-electron chi connectivity index (χ2n) is 4.35. The molecule has 0 aliphatic rings. The van der Waals surface area contributed by atoms with Crippen LogP contribution in [0.25, 0.3) is 0 Å². The fourth-order valence-corrected chi connectivity index (χ4v) is 1.49. The standard InChI is InChI=1S/C12H24N2O3/c1-6-8(2)10(12(16)17-5)14-11(15)9(3)7-13-4/h8-10,13H,6-7H2,1-5H3,(H,14,15)/t8-,9?,10-/m0/s1. The summed E-state index contributed by atoms with van der Waals surface area (Å²) in [7, 11) is 3.12. The molecule has 2 N–H and O–H groups in total. The first-order chi connectivity index (χ1) is 7.97. The molecule has 5 nitrogen and oxygen atoms in total. The second kappa shape index (κ2) is 8.06. The highest BCUT2D eigenvalue weighted by atomic mass is 16.5. The lowest BCUT2D eigenvalue weighted by atomic mass is 9.98. The molecule has 5 heteroatoms. The van der Waals surface area contributed by atoms with Crippen LogP contribution in [0.15, 0.2) is 0 Å². The molecule has 0 aliphatic carbocycles. The van der Waals surface area contributed by atoms with E-state index in [4.69, 9.17) is 4.74 Å². The van der Waals surface area contributed by atoms with Gasteiger partial charge in [-0.05, 0) is 13.0 Å². The molecule has 1 unspecified atom stereocenters. The van der Waals surface area contributed by atoms with Gasteiger partial charge in [-0.15, -0.1) is 0 Å². The first kappa shape index (κ1) is 15.9.